The number of hydrogen-bond acceptors (Lipinski definition) is 4. The van der Waals surface area contributed by atoms with Crippen LogP contribution in [-0.4, -0.2) is 48.5 Å². The van der Waals surface area contributed by atoms with Gasteiger partial charge in [-0.3, -0.25) is 0 Å². The lowest BCUT2D eigenvalue weighted by Crippen LogP contribution is -2.43. The van der Waals surface area contributed by atoms with Crippen LogP contribution >= 0.6 is 12.4 Å². The summed E-state index contributed by atoms with van der Waals surface area (Å²) in [5, 5.41) is 3.45. The van der Waals surface area contributed by atoms with Gasteiger partial charge in [0, 0.05) is 38.3 Å². The van der Waals surface area contributed by atoms with Crippen molar-refractivity contribution in [1.82, 2.24) is 19.2 Å². The Labute approximate surface area is 132 Å². The van der Waals surface area contributed by atoms with Crippen molar-refractivity contribution in [3.05, 3.63) is 12.0 Å². The van der Waals surface area contributed by atoms with Crippen molar-refractivity contribution in [2.75, 3.05) is 20.1 Å². The van der Waals surface area contributed by atoms with E-state index >= 15 is 0 Å². The number of rotatable bonds is 3. The van der Waals surface area contributed by atoms with Gasteiger partial charge in [0.25, 0.3) is 10.0 Å². The minimum absolute atomic E-state index is 0. The van der Waals surface area contributed by atoms with Crippen LogP contribution in [0, 0.1) is 0 Å². The van der Waals surface area contributed by atoms with Crippen LogP contribution in [0.4, 0.5) is 0 Å². The van der Waals surface area contributed by atoms with Gasteiger partial charge in [-0.25, -0.2) is 13.4 Å². The van der Waals surface area contributed by atoms with Crippen LogP contribution in [0.2, 0.25) is 0 Å². The van der Waals surface area contributed by atoms with Crippen LogP contribution in [0.25, 0.3) is 0 Å². The van der Waals surface area contributed by atoms with E-state index in [1.54, 1.807) is 10.5 Å². The molecular formula is C13H23ClN4O2S. The van der Waals surface area contributed by atoms with E-state index < -0.39 is 10.0 Å². The van der Waals surface area contributed by atoms with Gasteiger partial charge >= 0.3 is 0 Å². The predicted octanol–water partition coefficient (Wildman–Crippen LogP) is 1.01. The molecular weight excluding hydrogens is 312 g/mol. The highest BCUT2D eigenvalue weighted by molar-refractivity contribution is 7.89. The van der Waals surface area contributed by atoms with Gasteiger partial charge in [0.1, 0.15) is 5.82 Å². The minimum atomic E-state index is -3.41. The molecule has 120 valence electrons. The molecule has 0 radical (unpaired) electrons. The van der Waals surface area contributed by atoms with Crippen molar-refractivity contribution in [3.63, 3.8) is 0 Å². The summed E-state index contributed by atoms with van der Waals surface area (Å²) >= 11 is 0. The number of aromatic nitrogens is 2. The van der Waals surface area contributed by atoms with Crippen molar-refractivity contribution in [1.29, 1.82) is 0 Å². The maximum Gasteiger partial charge on any atom is 0.262 e. The van der Waals surface area contributed by atoms with Crippen LogP contribution < -0.4 is 5.32 Å². The third-order valence-electron chi connectivity index (χ3n) is 4.35. The highest BCUT2D eigenvalue weighted by Crippen LogP contribution is 2.22. The molecule has 21 heavy (non-hydrogen) atoms. The van der Waals surface area contributed by atoms with Crippen molar-refractivity contribution in [2.24, 2.45) is 0 Å². The van der Waals surface area contributed by atoms with Crippen molar-refractivity contribution in [3.8, 4) is 0 Å². The fraction of sp³-hybridized carbons (Fsp3) is 0.769. The van der Waals surface area contributed by atoms with Crippen LogP contribution in [0.15, 0.2) is 11.2 Å². The summed E-state index contributed by atoms with van der Waals surface area (Å²) in [4.78, 5) is 4.35. The summed E-state index contributed by atoms with van der Waals surface area (Å²) in [6.07, 6.45) is 6.54. The van der Waals surface area contributed by atoms with E-state index in [4.69, 9.17) is 0 Å². The number of nitrogens with zero attached hydrogens (tertiary/aromatic N) is 3. The monoisotopic (exact) mass is 334 g/mol. The second kappa shape index (κ2) is 6.64. The number of sulfonamides is 1. The summed E-state index contributed by atoms with van der Waals surface area (Å²) in [6, 6.07) is 0.427. The molecule has 0 aliphatic carbocycles. The highest BCUT2D eigenvalue weighted by atomic mass is 35.5. The van der Waals surface area contributed by atoms with E-state index in [1.165, 1.54) is 0 Å². The van der Waals surface area contributed by atoms with Gasteiger partial charge in [-0.15, -0.1) is 12.4 Å². The zero-order valence-electron chi connectivity index (χ0n) is 12.3. The highest BCUT2D eigenvalue weighted by Gasteiger charge is 2.31. The normalized spacial score (nSPS) is 20.8. The van der Waals surface area contributed by atoms with Crippen LogP contribution in [0.5, 0.6) is 0 Å². The largest absolute Gasteiger partial charge is 0.333 e. The van der Waals surface area contributed by atoms with Gasteiger partial charge in [0.15, 0.2) is 5.03 Å². The van der Waals surface area contributed by atoms with E-state index in [-0.39, 0.29) is 17.4 Å². The first kappa shape index (κ1) is 16.7. The summed E-state index contributed by atoms with van der Waals surface area (Å²) in [7, 11) is -1.49. The maximum absolute atomic E-state index is 12.6. The lowest BCUT2D eigenvalue weighted by atomic mass is 10.1. The second-order valence-corrected chi connectivity index (χ2v) is 7.50. The third-order valence-corrected chi connectivity index (χ3v) is 6.12. The van der Waals surface area contributed by atoms with Crippen LogP contribution in [-0.2, 0) is 23.0 Å². The number of hydrogen-bond donors (Lipinski definition) is 1. The third kappa shape index (κ3) is 3.26. The van der Waals surface area contributed by atoms with Gasteiger partial charge in [0.05, 0.1) is 0 Å². The average Bonchev–Trinajstić information content (AvgIpc) is 2.92. The van der Waals surface area contributed by atoms with Gasteiger partial charge in [-0.2, -0.15) is 4.31 Å². The maximum atomic E-state index is 12.6. The van der Waals surface area contributed by atoms with E-state index in [9.17, 15) is 8.42 Å². The summed E-state index contributed by atoms with van der Waals surface area (Å²) in [5.41, 5.74) is 0. The van der Waals surface area contributed by atoms with E-state index in [2.05, 4.69) is 10.3 Å². The fourth-order valence-electron chi connectivity index (χ4n) is 3.03. The Morgan fingerprint density at radius 2 is 1.95 bits per heavy atom. The Morgan fingerprint density at radius 3 is 2.57 bits per heavy atom. The zero-order chi connectivity index (χ0) is 14.2. The standard InChI is InChI=1S/C13H22N4O2S.ClH/c1-14-11-5-8-17(9-6-11)20(18,19)13-10-16-7-3-2-4-12(16)15-13;/h10-11,14H,2-9H2,1H3;1H. The van der Waals surface area contributed by atoms with E-state index in [0.29, 0.717) is 19.1 Å². The van der Waals surface area contributed by atoms with Gasteiger partial charge in [-0.1, -0.05) is 0 Å². The Hall–Kier alpha value is -0.630. The lowest BCUT2D eigenvalue weighted by Gasteiger charge is -2.30. The first-order valence-electron chi connectivity index (χ1n) is 7.35. The van der Waals surface area contributed by atoms with Crippen molar-refractivity contribution < 1.29 is 8.42 Å². The number of halogens is 1. The predicted molar refractivity (Wildman–Crippen MR) is 83.3 cm³/mol. The molecule has 3 heterocycles. The molecule has 3 rings (SSSR count). The number of nitrogens with one attached hydrogen (secondary N) is 1. The molecule has 0 amide bonds. The fourth-order valence-corrected chi connectivity index (χ4v) is 4.47. The topological polar surface area (TPSA) is 67.2 Å². The average molecular weight is 335 g/mol. The Bertz CT molecular complexity index is 555. The molecule has 0 aromatic carbocycles. The molecule has 2 aliphatic rings. The number of piperidine rings is 1. The first-order valence-corrected chi connectivity index (χ1v) is 8.79. The lowest BCUT2D eigenvalue weighted by molar-refractivity contribution is 0.298. The molecule has 1 fully saturated rings. The molecule has 6 nitrogen and oxygen atoms in total. The molecule has 0 unspecified atom stereocenters. The van der Waals surface area contributed by atoms with Crippen molar-refractivity contribution in [2.45, 2.75) is 49.7 Å². The van der Waals surface area contributed by atoms with Gasteiger partial charge in [-0.05, 0) is 32.7 Å². The molecule has 0 saturated carbocycles. The Morgan fingerprint density at radius 1 is 1.24 bits per heavy atom. The Balaban J connectivity index is 0.00000161. The smallest absolute Gasteiger partial charge is 0.262 e. The quantitative estimate of drug-likeness (QED) is 0.896. The molecule has 2 aliphatic heterocycles. The zero-order valence-corrected chi connectivity index (χ0v) is 13.9. The number of imidazole rings is 1. The molecule has 8 heteroatoms. The molecule has 1 saturated heterocycles. The number of aryl methyl sites for hydroxylation is 2. The SMILES string of the molecule is CNC1CCN(S(=O)(=O)c2cn3c(n2)CCCC3)CC1.Cl. The molecule has 1 aromatic heterocycles. The molecule has 1 N–H and O–H groups in total. The summed E-state index contributed by atoms with van der Waals surface area (Å²) in [5.74, 6) is 0.917. The van der Waals surface area contributed by atoms with Crippen LogP contribution in [0.3, 0.4) is 0 Å². The molecule has 1 aromatic rings. The van der Waals surface area contributed by atoms with Gasteiger partial charge < -0.3 is 9.88 Å². The first-order chi connectivity index (χ1) is 9.61. The molecule has 0 bridgehead atoms. The number of fused-ring (bicyclic) bond motifs is 1. The second-order valence-electron chi connectivity index (χ2n) is 5.61. The van der Waals surface area contributed by atoms with E-state index in [1.807, 2.05) is 11.6 Å². The van der Waals surface area contributed by atoms with Gasteiger partial charge in [0.2, 0.25) is 0 Å². The molecule has 0 atom stereocenters. The van der Waals surface area contributed by atoms with E-state index in [0.717, 1.165) is 44.5 Å². The van der Waals surface area contributed by atoms with Crippen LogP contribution in [0.1, 0.15) is 31.5 Å². The summed E-state index contributed by atoms with van der Waals surface area (Å²) in [6.45, 7) is 2.05. The summed E-state index contributed by atoms with van der Waals surface area (Å²) < 4.78 is 28.8. The minimum Gasteiger partial charge on any atom is -0.333 e. The van der Waals surface area contributed by atoms with Crippen molar-refractivity contribution >= 4 is 22.4 Å². The molecule has 0 spiro atoms. The Kier molecular flexibility index (Phi) is 5.29.